The molecule has 0 aliphatic rings. The summed E-state index contributed by atoms with van der Waals surface area (Å²) in [5.74, 6) is -3.89. The maximum atomic E-state index is 14.1. The minimum Gasteiger partial charge on any atom is -0.390 e. The summed E-state index contributed by atoms with van der Waals surface area (Å²) in [5.41, 5.74) is 2.41. The number of carbonyl (C=O) groups excluding carboxylic acids is 2. The molecule has 0 radical (unpaired) electrons. The molecule has 1 aromatic heterocycles. The molecule has 0 fully saturated rings. The van der Waals surface area contributed by atoms with Gasteiger partial charge in [-0.1, -0.05) is 57.9 Å². The topological polar surface area (TPSA) is 153 Å². The van der Waals surface area contributed by atoms with Gasteiger partial charge in [-0.15, -0.1) is 0 Å². The number of halogens is 2. The van der Waals surface area contributed by atoms with Gasteiger partial charge in [-0.3, -0.25) is 14.7 Å². The standard InChI is InChI=1S/C33H45F2N5O5S/c1-4-8-28(9-5-2)46(44,45)21-30(40-32(42)25-18-37-38-19-25)33(43)39-29(15-24-13-26(34)16-27(35)14-24)31(41)20-36-17-23-11-7-10-22(6-3)12-23/h7,10-14,16,18-19,28-31,36,41H,4-6,8-9,15,17,20-21H2,1-3H3,(H,37,38)(H,39,43)(H,40,42)/t29-,30?,31+/m0/s1. The highest BCUT2D eigenvalue weighted by molar-refractivity contribution is 7.92. The SMILES string of the molecule is CCCC(CCC)S(=O)(=O)CC(NC(=O)c1cn[nH]c1)C(=O)N[C@@H](Cc1cc(F)cc(F)c1)[C@H](O)CNCc1cccc(CC)c1. The van der Waals surface area contributed by atoms with Crippen molar-refractivity contribution in [3.8, 4) is 0 Å². The van der Waals surface area contributed by atoms with Gasteiger partial charge in [-0.2, -0.15) is 5.10 Å². The molecule has 3 rings (SSSR count). The Morgan fingerprint density at radius 2 is 1.63 bits per heavy atom. The molecular formula is C33H45F2N5O5S. The summed E-state index contributed by atoms with van der Waals surface area (Å²) in [6.45, 7) is 6.21. The number of amides is 2. The molecule has 0 aliphatic carbocycles. The molecule has 1 heterocycles. The second-order valence-electron chi connectivity index (χ2n) is 11.5. The minimum absolute atomic E-state index is 0.00147. The zero-order valence-electron chi connectivity index (χ0n) is 26.6. The van der Waals surface area contributed by atoms with Gasteiger partial charge in [0.25, 0.3) is 5.91 Å². The maximum Gasteiger partial charge on any atom is 0.255 e. The number of rotatable bonds is 19. The fourth-order valence-electron chi connectivity index (χ4n) is 5.33. The number of aromatic nitrogens is 2. The van der Waals surface area contributed by atoms with Crippen LogP contribution in [0.5, 0.6) is 0 Å². The number of H-pyrrole nitrogens is 1. The highest BCUT2D eigenvalue weighted by Gasteiger charge is 2.34. The van der Waals surface area contributed by atoms with Crippen LogP contribution in [-0.4, -0.2) is 71.3 Å². The Labute approximate surface area is 269 Å². The van der Waals surface area contributed by atoms with Gasteiger partial charge in [0.1, 0.15) is 17.7 Å². The van der Waals surface area contributed by atoms with Crippen LogP contribution < -0.4 is 16.0 Å². The van der Waals surface area contributed by atoms with E-state index in [4.69, 9.17) is 0 Å². The van der Waals surface area contributed by atoms with Crippen molar-refractivity contribution in [2.24, 2.45) is 0 Å². The molecule has 5 N–H and O–H groups in total. The largest absolute Gasteiger partial charge is 0.390 e. The Bertz CT molecular complexity index is 1490. The average Bonchev–Trinajstić information content (AvgIpc) is 3.55. The zero-order chi connectivity index (χ0) is 33.7. The molecule has 252 valence electrons. The van der Waals surface area contributed by atoms with Crippen molar-refractivity contribution in [1.29, 1.82) is 0 Å². The van der Waals surface area contributed by atoms with Gasteiger partial charge in [0.2, 0.25) is 5.91 Å². The number of sulfone groups is 1. The number of hydrogen-bond donors (Lipinski definition) is 5. The lowest BCUT2D eigenvalue weighted by atomic mass is 10.00. The first kappa shape index (κ1) is 36.8. The second-order valence-corrected chi connectivity index (χ2v) is 13.8. The van der Waals surface area contributed by atoms with Gasteiger partial charge in [-0.25, -0.2) is 17.2 Å². The van der Waals surface area contributed by atoms with Crippen LogP contribution in [-0.2, 0) is 34.0 Å². The van der Waals surface area contributed by atoms with E-state index >= 15 is 0 Å². The lowest BCUT2D eigenvalue weighted by Gasteiger charge is -2.28. The summed E-state index contributed by atoms with van der Waals surface area (Å²) < 4.78 is 55.1. The van der Waals surface area contributed by atoms with E-state index in [2.05, 4.69) is 26.1 Å². The average molecular weight is 662 g/mol. The molecule has 0 saturated carbocycles. The smallest absolute Gasteiger partial charge is 0.255 e. The number of aliphatic hydroxyl groups is 1. The monoisotopic (exact) mass is 661 g/mol. The van der Waals surface area contributed by atoms with E-state index in [9.17, 15) is 31.9 Å². The Kier molecular flexibility index (Phi) is 14.3. The molecule has 2 aromatic carbocycles. The van der Waals surface area contributed by atoms with E-state index in [1.807, 2.05) is 45.0 Å². The van der Waals surface area contributed by atoms with E-state index in [-0.39, 0.29) is 24.1 Å². The first-order valence-corrected chi connectivity index (χ1v) is 17.4. The number of benzene rings is 2. The Morgan fingerprint density at radius 3 is 2.24 bits per heavy atom. The quantitative estimate of drug-likeness (QED) is 0.132. The van der Waals surface area contributed by atoms with Crippen molar-refractivity contribution in [2.45, 2.75) is 89.3 Å². The number of nitrogens with zero attached hydrogens (tertiary/aromatic N) is 1. The van der Waals surface area contributed by atoms with Crippen LogP contribution in [0.2, 0.25) is 0 Å². The normalized spacial score (nSPS) is 13.7. The van der Waals surface area contributed by atoms with E-state index in [0.717, 1.165) is 35.7 Å². The Balaban J connectivity index is 1.86. The maximum absolute atomic E-state index is 14.1. The Morgan fingerprint density at radius 1 is 0.957 bits per heavy atom. The molecule has 2 amide bonds. The van der Waals surface area contributed by atoms with Crippen LogP contribution in [0.3, 0.4) is 0 Å². The summed E-state index contributed by atoms with van der Waals surface area (Å²) in [6.07, 6.45) is 4.04. The number of nitrogens with one attached hydrogen (secondary N) is 4. The molecule has 13 heteroatoms. The van der Waals surface area contributed by atoms with Gasteiger partial charge in [-0.05, 0) is 54.5 Å². The predicted octanol–water partition coefficient (Wildman–Crippen LogP) is 3.61. The summed E-state index contributed by atoms with van der Waals surface area (Å²) in [4.78, 5) is 26.7. The molecule has 0 spiro atoms. The number of carbonyl (C=O) groups is 2. The third-order valence-electron chi connectivity index (χ3n) is 7.76. The van der Waals surface area contributed by atoms with Crippen molar-refractivity contribution < 1.29 is 31.9 Å². The molecule has 3 aromatic rings. The van der Waals surface area contributed by atoms with E-state index < -0.39 is 62.5 Å². The van der Waals surface area contributed by atoms with Crippen LogP contribution in [0.4, 0.5) is 8.78 Å². The van der Waals surface area contributed by atoms with Crippen molar-refractivity contribution in [3.05, 3.63) is 88.7 Å². The molecule has 1 unspecified atom stereocenters. The van der Waals surface area contributed by atoms with Gasteiger partial charge < -0.3 is 21.1 Å². The van der Waals surface area contributed by atoms with Crippen LogP contribution in [0.25, 0.3) is 0 Å². The van der Waals surface area contributed by atoms with Crippen LogP contribution in [0, 0.1) is 11.6 Å². The molecule has 10 nitrogen and oxygen atoms in total. The second kappa shape index (κ2) is 17.9. The summed E-state index contributed by atoms with van der Waals surface area (Å²) >= 11 is 0. The number of aryl methyl sites for hydroxylation is 1. The molecule has 0 saturated heterocycles. The van der Waals surface area contributed by atoms with E-state index in [0.29, 0.717) is 32.2 Å². The molecule has 46 heavy (non-hydrogen) atoms. The van der Waals surface area contributed by atoms with Crippen LogP contribution >= 0.6 is 0 Å². The van der Waals surface area contributed by atoms with Gasteiger partial charge in [0, 0.05) is 25.4 Å². The zero-order valence-corrected chi connectivity index (χ0v) is 27.4. The van der Waals surface area contributed by atoms with Crippen molar-refractivity contribution >= 4 is 21.7 Å². The first-order chi connectivity index (χ1) is 21.9. The minimum atomic E-state index is -3.86. The number of aliphatic hydroxyl groups excluding tert-OH is 1. The summed E-state index contributed by atoms with van der Waals surface area (Å²) in [7, 11) is -3.86. The van der Waals surface area contributed by atoms with Crippen LogP contribution in [0.15, 0.2) is 54.9 Å². The predicted molar refractivity (Wildman–Crippen MR) is 173 cm³/mol. The molecule has 0 bridgehead atoms. The van der Waals surface area contributed by atoms with E-state index in [1.54, 1.807) is 0 Å². The third-order valence-corrected chi connectivity index (χ3v) is 10.0. The van der Waals surface area contributed by atoms with Gasteiger partial charge in [0.15, 0.2) is 9.84 Å². The Hall–Kier alpha value is -3.68. The van der Waals surface area contributed by atoms with Crippen molar-refractivity contribution in [3.63, 3.8) is 0 Å². The lowest BCUT2D eigenvalue weighted by Crippen LogP contribution is -2.57. The highest BCUT2D eigenvalue weighted by atomic mass is 32.2. The third kappa shape index (κ3) is 11.3. The molecule has 3 atom stereocenters. The fraction of sp³-hybridized carbons (Fsp3) is 0.485. The van der Waals surface area contributed by atoms with E-state index in [1.165, 1.54) is 12.4 Å². The molecular weight excluding hydrogens is 616 g/mol. The summed E-state index contributed by atoms with van der Waals surface area (Å²) in [5, 5.41) is 25.1. The number of aromatic amines is 1. The van der Waals surface area contributed by atoms with Gasteiger partial charge >= 0.3 is 0 Å². The lowest BCUT2D eigenvalue weighted by molar-refractivity contribution is -0.124. The van der Waals surface area contributed by atoms with Crippen LogP contribution in [0.1, 0.15) is 73.5 Å². The highest BCUT2D eigenvalue weighted by Crippen LogP contribution is 2.18. The molecule has 0 aliphatic heterocycles. The van der Waals surface area contributed by atoms with Crippen molar-refractivity contribution in [1.82, 2.24) is 26.1 Å². The van der Waals surface area contributed by atoms with Crippen molar-refractivity contribution in [2.75, 3.05) is 12.3 Å². The fourth-order valence-corrected chi connectivity index (χ4v) is 7.49. The first-order valence-electron chi connectivity index (χ1n) is 15.7. The van der Waals surface area contributed by atoms with Gasteiger partial charge in [0.05, 0.1) is 34.9 Å². The number of hydrogen-bond acceptors (Lipinski definition) is 7. The summed E-state index contributed by atoms with van der Waals surface area (Å²) in [6, 6.07) is 8.21.